The summed E-state index contributed by atoms with van der Waals surface area (Å²) in [6.07, 6.45) is 6.83. The SMILES string of the molecule is O=C(c1ccccn1)N1CCCC1c1nc(Nc2ccccc2)cc(-c2ccncc2)n1. The lowest BCUT2D eigenvalue weighted by Gasteiger charge is -2.24. The molecule has 1 fully saturated rings. The van der Waals surface area contributed by atoms with E-state index in [2.05, 4.69) is 15.3 Å². The number of rotatable bonds is 5. The monoisotopic (exact) mass is 422 g/mol. The van der Waals surface area contributed by atoms with Crippen LogP contribution in [0, 0.1) is 0 Å². The van der Waals surface area contributed by atoms with Crippen LogP contribution >= 0.6 is 0 Å². The van der Waals surface area contributed by atoms with Crippen LogP contribution in [0.2, 0.25) is 0 Å². The van der Waals surface area contributed by atoms with E-state index < -0.39 is 0 Å². The Kier molecular flexibility index (Phi) is 5.53. The molecule has 1 aromatic carbocycles. The molecule has 0 bridgehead atoms. The zero-order valence-corrected chi connectivity index (χ0v) is 17.4. The van der Waals surface area contributed by atoms with E-state index in [1.165, 1.54) is 0 Å². The van der Waals surface area contributed by atoms with E-state index >= 15 is 0 Å². The first-order chi connectivity index (χ1) is 15.8. The normalized spacial score (nSPS) is 15.5. The van der Waals surface area contributed by atoms with Crippen molar-refractivity contribution in [1.29, 1.82) is 0 Å². The topological polar surface area (TPSA) is 83.9 Å². The number of pyridine rings is 2. The van der Waals surface area contributed by atoms with Crippen LogP contribution in [0.5, 0.6) is 0 Å². The Hall–Kier alpha value is -4.13. The number of nitrogens with zero attached hydrogens (tertiary/aromatic N) is 5. The van der Waals surface area contributed by atoms with Gasteiger partial charge >= 0.3 is 0 Å². The number of hydrogen-bond acceptors (Lipinski definition) is 6. The molecule has 1 saturated heterocycles. The smallest absolute Gasteiger partial charge is 0.273 e. The Morgan fingerprint density at radius 3 is 2.53 bits per heavy atom. The molecule has 1 aliphatic heterocycles. The number of likely N-dealkylation sites (tertiary alicyclic amines) is 1. The number of carbonyl (C=O) groups excluding carboxylic acids is 1. The van der Waals surface area contributed by atoms with E-state index in [-0.39, 0.29) is 11.9 Å². The number of aromatic nitrogens is 4. The van der Waals surface area contributed by atoms with Crippen molar-refractivity contribution in [3.05, 3.63) is 96.8 Å². The van der Waals surface area contributed by atoms with Crippen molar-refractivity contribution in [1.82, 2.24) is 24.8 Å². The molecule has 5 rings (SSSR count). The summed E-state index contributed by atoms with van der Waals surface area (Å²) in [6.45, 7) is 0.657. The van der Waals surface area contributed by atoms with Crippen LogP contribution in [0.25, 0.3) is 11.3 Å². The zero-order valence-electron chi connectivity index (χ0n) is 17.4. The van der Waals surface area contributed by atoms with Gasteiger partial charge in [-0.25, -0.2) is 9.97 Å². The van der Waals surface area contributed by atoms with Crippen molar-refractivity contribution in [3.63, 3.8) is 0 Å². The number of benzene rings is 1. The van der Waals surface area contributed by atoms with Gasteiger partial charge in [-0.05, 0) is 49.2 Å². The van der Waals surface area contributed by atoms with Crippen molar-refractivity contribution in [3.8, 4) is 11.3 Å². The van der Waals surface area contributed by atoms with Crippen molar-refractivity contribution >= 4 is 17.4 Å². The standard InChI is InChI=1S/C25H22N6O/c32-25(20-9-4-5-13-27-20)31-16-6-10-22(31)24-29-21(18-11-14-26-15-12-18)17-23(30-24)28-19-7-2-1-3-8-19/h1-5,7-9,11-15,17,22H,6,10,16H2,(H,28,29,30). The molecule has 158 valence electrons. The minimum absolute atomic E-state index is 0.0939. The van der Waals surface area contributed by atoms with Crippen molar-refractivity contribution < 1.29 is 4.79 Å². The fourth-order valence-corrected chi connectivity index (χ4v) is 3.93. The molecular weight excluding hydrogens is 400 g/mol. The van der Waals surface area contributed by atoms with E-state index in [0.29, 0.717) is 23.9 Å². The predicted octanol–water partition coefficient (Wildman–Crippen LogP) is 4.65. The van der Waals surface area contributed by atoms with E-state index in [0.717, 1.165) is 29.8 Å². The Balaban J connectivity index is 1.53. The molecule has 0 aliphatic carbocycles. The fourth-order valence-electron chi connectivity index (χ4n) is 3.93. The highest BCUT2D eigenvalue weighted by molar-refractivity contribution is 5.92. The first kappa shape index (κ1) is 19.8. The number of anilines is 2. The molecule has 4 heterocycles. The molecule has 3 aromatic heterocycles. The van der Waals surface area contributed by atoms with Crippen LogP contribution in [0.3, 0.4) is 0 Å². The molecular formula is C25H22N6O. The molecule has 0 spiro atoms. The molecule has 1 unspecified atom stereocenters. The number of amides is 1. The summed E-state index contributed by atoms with van der Waals surface area (Å²) in [4.78, 5) is 33.0. The van der Waals surface area contributed by atoms with Gasteiger partial charge in [-0.3, -0.25) is 14.8 Å². The summed E-state index contributed by atoms with van der Waals surface area (Å²) in [7, 11) is 0. The average Bonchev–Trinajstić information content (AvgIpc) is 3.35. The maximum absolute atomic E-state index is 13.1. The quantitative estimate of drug-likeness (QED) is 0.504. The van der Waals surface area contributed by atoms with Gasteiger partial charge in [0.25, 0.3) is 5.91 Å². The van der Waals surface area contributed by atoms with Gasteiger partial charge in [-0.1, -0.05) is 24.3 Å². The molecule has 7 heteroatoms. The van der Waals surface area contributed by atoms with Crippen LogP contribution in [-0.4, -0.2) is 37.3 Å². The Labute approximate surface area is 186 Å². The summed E-state index contributed by atoms with van der Waals surface area (Å²) < 4.78 is 0. The van der Waals surface area contributed by atoms with Gasteiger partial charge in [0.1, 0.15) is 11.5 Å². The van der Waals surface area contributed by atoms with Gasteiger partial charge in [-0.15, -0.1) is 0 Å². The van der Waals surface area contributed by atoms with Crippen LogP contribution in [0.4, 0.5) is 11.5 Å². The minimum atomic E-state index is -0.206. The van der Waals surface area contributed by atoms with Crippen LogP contribution in [-0.2, 0) is 0 Å². The number of hydrogen-bond donors (Lipinski definition) is 1. The molecule has 1 N–H and O–H groups in total. The third kappa shape index (κ3) is 4.18. The largest absolute Gasteiger partial charge is 0.340 e. The summed E-state index contributed by atoms with van der Waals surface area (Å²) >= 11 is 0. The van der Waals surface area contributed by atoms with Gasteiger partial charge in [-0.2, -0.15) is 0 Å². The minimum Gasteiger partial charge on any atom is -0.340 e. The number of para-hydroxylation sites is 1. The predicted molar refractivity (Wildman–Crippen MR) is 122 cm³/mol. The molecule has 7 nitrogen and oxygen atoms in total. The van der Waals surface area contributed by atoms with Gasteiger partial charge in [0.15, 0.2) is 5.82 Å². The van der Waals surface area contributed by atoms with Gasteiger partial charge < -0.3 is 10.2 Å². The molecule has 1 amide bonds. The lowest BCUT2D eigenvalue weighted by Crippen LogP contribution is -2.32. The molecule has 4 aromatic rings. The highest BCUT2D eigenvalue weighted by atomic mass is 16.2. The molecule has 1 aliphatic rings. The second-order valence-corrected chi connectivity index (χ2v) is 7.60. The second kappa shape index (κ2) is 8.93. The maximum Gasteiger partial charge on any atom is 0.273 e. The average molecular weight is 422 g/mol. The lowest BCUT2D eigenvalue weighted by molar-refractivity contribution is 0.0724. The van der Waals surface area contributed by atoms with Crippen molar-refractivity contribution in [2.45, 2.75) is 18.9 Å². The van der Waals surface area contributed by atoms with Gasteiger partial charge in [0.2, 0.25) is 0 Å². The lowest BCUT2D eigenvalue weighted by atomic mass is 10.1. The third-order valence-corrected chi connectivity index (χ3v) is 5.46. The van der Waals surface area contributed by atoms with Crippen molar-refractivity contribution in [2.75, 3.05) is 11.9 Å². The van der Waals surface area contributed by atoms with Crippen LogP contribution in [0.15, 0.2) is 85.3 Å². The highest BCUT2D eigenvalue weighted by Gasteiger charge is 2.33. The van der Waals surface area contributed by atoms with E-state index in [1.807, 2.05) is 59.5 Å². The van der Waals surface area contributed by atoms with E-state index in [4.69, 9.17) is 9.97 Å². The first-order valence-electron chi connectivity index (χ1n) is 10.6. The number of carbonyl (C=O) groups is 1. The second-order valence-electron chi connectivity index (χ2n) is 7.60. The van der Waals surface area contributed by atoms with Crippen molar-refractivity contribution in [2.24, 2.45) is 0 Å². The molecule has 1 atom stereocenters. The summed E-state index contributed by atoms with van der Waals surface area (Å²) in [6, 6.07) is 20.8. The summed E-state index contributed by atoms with van der Waals surface area (Å²) in [5.74, 6) is 1.22. The van der Waals surface area contributed by atoms with Gasteiger partial charge in [0.05, 0.1) is 11.7 Å². The molecule has 32 heavy (non-hydrogen) atoms. The fraction of sp³-hybridized carbons (Fsp3) is 0.160. The highest BCUT2D eigenvalue weighted by Crippen LogP contribution is 2.33. The maximum atomic E-state index is 13.1. The first-order valence-corrected chi connectivity index (χ1v) is 10.6. The summed E-state index contributed by atoms with van der Waals surface area (Å²) in [5.41, 5.74) is 3.10. The Bertz CT molecular complexity index is 1200. The van der Waals surface area contributed by atoms with Crippen LogP contribution < -0.4 is 5.32 Å². The van der Waals surface area contributed by atoms with E-state index in [9.17, 15) is 4.79 Å². The number of nitrogens with one attached hydrogen (secondary N) is 1. The third-order valence-electron chi connectivity index (χ3n) is 5.46. The summed E-state index contributed by atoms with van der Waals surface area (Å²) in [5, 5.41) is 3.37. The van der Waals surface area contributed by atoms with E-state index in [1.54, 1.807) is 30.7 Å². The van der Waals surface area contributed by atoms with Crippen LogP contribution in [0.1, 0.15) is 35.2 Å². The van der Waals surface area contributed by atoms with Gasteiger partial charge in [0, 0.05) is 42.5 Å². The Morgan fingerprint density at radius 1 is 0.938 bits per heavy atom. The zero-order chi connectivity index (χ0) is 21.8. The molecule has 0 saturated carbocycles. The Morgan fingerprint density at radius 2 is 1.75 bits per heavy atom. The molecule has 0 radical (unpaired) electrons.